The largest absolute Gasteiger partial charge is 0.496 e. The summed E-state index contributed by atoms with van der Waals surface area (Å²) < 4.78 is 5.48. The summed E-state index contributed by atoms with van der Waals surface area (Å²) in [6, 6.07) is 13.1. The zero-order chi connectivity index (χ0) is 18.7. The van der Waals surface area contributed by atoms with E-state index in [-0.39, 0.29) is 11.9 Å². The van der Waals surface area contributed by atoms with Gasteiger partial charge >= 0.3 is 0 Å². The van der Waals surface area contributed by atoms with E-state index in [2.05, 4.69) is 53.6 Å². The molecule has 2 N–H and O–H groups in total. The van der Waals surface area contributed by atoms with E-state index in [1.807, 2.05) is 12.1 Å². The predicted octanol–water partition coefficient (Wildman–Crippen LogP) is 2.54. The molecule has 0 saturated carbocycles. The van der Waals surface area contributed by atoms with E-state index in [1.165, 1.54) is 10.9 Å². The molecule has 1 saturated heterocycles. The average molecular weight is 355 g/mol. The van der Waals surface area contributed by atoms with E-state index < -0.39 is 0 Å². The van der Waals surface area contributed by atoms with Crippen molar-refractivity contribution in [3.05, 3.63) is 42.0 Å². The molecule has 5 heteroatoms. The molecule has 1 heterocycles. The summed E-state index contributed by atoms with van der Waals surface area (Å²) >= 11 is 0. The van der Waals surface area contributed by atoms with E-state index in [4.69, 9.17) is 4.74 Å². The van der Waals surface area contributed by atoms with Crippen molar-refractivity contribution < 1.29 is 9.53 Å². The Kier molecular flexibility index (Phi) is 5.79. The number of carbonyl (C=O) groups is 1. The second-order valence-corrected chi connectivity index (χ2v) is 7.21. The molecule has 5 nitrogen and oxygen atoms in total. The highest BCUT2D eigenvalue weighted by atomic mass is 16.5. The Morgan fingerprint density at radius 1 is 1.23 bits per heavy atom. The van der Waals surface area contributed by atoms with E-state index in [9.17, 15) is 4.79 Å². The fraction of sp³-hybridized carbons (Fsp3) is 0.476. The number of ether oxygens (including phenoxy) is 1. The second kappa shape index (κ2) is 8.06. The van der Waals surface area contributed by atoms with Crippen LogP contribution in [0.2, 0.25) is 0 Å². The van der Waals surface area contributed by atoms with E-state index >= 15 is 0 Å². The lowest BCUT2D eigenvalue weighted by atomic mass is 10.0. The maximum absolute atomic E-state index is 12.2. The maximum atomic E-state index is 12.2. The van der Waals surface area contributed by atoms with Crippen molar-refractivity contribution in [1.29, 1.82) is 0 Å². The first-order valence-electron chi connectivity index (χ1n) is 9.30. The summed E-state index contributed by atoms with van der Waals surface area (Å²) in [5, 5.41) is 8.80. The number of carbonyl (C=O) groups excluding carboxylic acids is 1. The molecule has 0 spiro atoms. The number of hydrogen-bond acceptors (Lipinski definition) is 4. The van der Waals surface area contributed by atoms with Gasteiger partial charge in [0.25, 0.3) is 0 Å². The molecule has 1 aliphatic rings. The third-order valence-electron chi connectivity index (χ3n) is 5.33. The van der Waals surface area contributed by atoms with Crippen LogP contribution in [0.3, 0.4) is 0 Å². The van der Waals surface area contributed by atoms with Crippen molar-refractivity contribution in [2.75, 3.05) is 20.7 Å². The van der Waals surface area contributed by atoms with Crippen molar-refractivity contribution in [2.45, 2.75) is 44.9 Å². The Morgan fingerprint density at radius 3 is 2.62 bits per heavy atom. The molecule has 1 amide bonds. The minimum atomic E-state index is -0.0508. The third kappa shape index (κ3) is 3.69. The lowest BCUT2D eigenvalue weighted by Crippen LogP contribution is -2.45. The van der Waals surface area contributed by atoms with Crippen LogP contribution >= 0.6 is 0 Å². The summed E-state index contributed by atoms with van der Waals surface area (Å²) in [5.41, 5.74) is 1.25. The number of fused-ring (bicyclic) bond motifs is 1. The molecule has 2 atom stereocenters. The number of likely N-dealkylation sites (tertiary alicyclic amines) is 1. The fourth-order valence-corrected chi connectivity index (χ4v) is 3.92. The zero-order valence-corrected chi connectivity index (χ0v) is 16.1. The van der Waals surface area contributed by atoms with Gasteiger partial charge in [-0.1, -0.05) is 30.3 Å². The van der Waals surface area contributed by atoms with Crippen LogP contribution in [0.15, 0.2) is 36.4 Å². The molecule has 1 aliphatic heterocycles. The van der Waals surface area contributed by atoms with Crippen molar-refractivity contribution in [3.63, 3.8) is 0 Å². The van der Waals surface area contributed by atoms with Crippen molar-refractivity contribution >= 4 is 16.7 Å². The van der Waals surface area contributed by atoms with Gasteiger partial charge in [0.15, 0.2) is 0 Å². The zero-order valence-electron chi connectivity index (χ0n) is 16.1. The highest BCUT2D eigenvalue weighted by molar-refractivity contribution is 5.91. The molecular weight excluding hydrogens is 326 g/mol. The highest BCUT2D eigenvalue weighted by Crippen LogP contribution is 2.29. The van der Waals surface area contributed by atoms with Gasteiger partial charge in [0, 0.05) is 37.6 Å². The number of rotatable bonds is 6. The monoisotopic (exact) mass is 355 g/mol. The smallest absolute Gasteiger partial charge is 0.237 e. The standard InChI is InChI=1S/C21H29N3O2/c1-14(2)24-13-16(11-19(24)21(25)22-3)23-12-15-9-10-20(26-4)18-8-6-5-7-17(15)18/h5-10,14,16,19,23H,11-13H2,1-4H3,(H,22,25)/t16-,19+/m1/s1. The van der Waals surface area contributed by atoms with E-state index in [1.54, 1.807) is 14.2 Å². The number of methoxy groups -OCH3 is 1. The van der Waals surface area contributed by atoms with Gasteiger partial charge in [0.05, 0.1) is 13.2 Å². The summed E-state index contributed by atoms with van der Waals surface area (Å²) in [4.78, 5) is 14.5. The van der Waals surface area contributed by atoms with Gasteiger partial charge in [-0.3, -0.25) is 9.69 Å². The molecule has 0 bridgehead atoms. The SMILES string of the molecule is CNC(=O)[C@@H]1C[C@@H](NCc2ccc(OC)c3ccccc23)CN1C(C)C. The van der Waals surface area contributed by atoms with E-state index in [0.717, 1.165) is 30.6 Å². The van der Waals surface area contributed by atoms with Crippen LogP contribution in [-0.4, -0.2) is 49.6 Å². The normalized spacial score (nSPS) is 20.7. The first-order valence-corrected chi connectivity index (χ1v) is 9.30. The first-order chi connectivity index (χ1) is 12.5. The highest BCUT2D eigenvalue weighted by Gasteiger charge is 2.37. The first kappa shape index (κ1) is 18.7. The molecule has 26 heavy (non-hydrogen) atoms. The molecule has 0 unspecified atom stereocenters. The quantitative estimate of drug-likeness (QED) is 0.836. The van der Waals surface area contributed by atoms with Crippen molar-refractivity contribution in [1.82, 2.24) is 15.5 Å². The molecule has 1 fully saturated rings. The summed E-state index contributed by atoms with van der Waals surface area (Å²) in [6.07, 6.45) is 0.839. The molecule has 140 valence electrons. The number of nitrogens with one attached hydrogen (secondary N) is 2. The van der Waals surface area contributed by atoms with Crippen molar-refractivity contribution in [3.8, 4) is 5.75 Å². The summed E-state index contributed by atoms with van der Waals surface area (Å²) in [7, 11) is 3.42. The number of amides is 1. The fourth-order valence-electron chi connectivity index (χ4n) is 3.92. The average Bonchev–Trinajstić information content (AvgIpc) is 3.10. The van der Waals surface area contributed by atoms with E-state index in [0.29, 0.717) is 12.1 Å². The molecule has 0 aliphatic carbocycles. The Hall–Kier alpha value is -2.11. The number of nitrogens with zero attached hydrogens (tertiary/aromatic N) is 1. The van der Waals surface area contributed by atoms with Gasteiger partial charge in [-0.25, -0.2) is 0 Å². The Bertz CT molecular complexity index is 775. The van der Waals surface area contributed by atoms with Crippen LogP contribution < -0.4 is 15.4 Å². The van der Waals surface area contributed by atoms with Crippen LogP contribution in [0, 0.1) is 0 Å². The summed E-state index contributed by atoms with van der Waals surface area (Å²) in [6.45, 7) is 5.97. The van der Waals surface area contributed by atoms with Gasteiger partial charge < -0.3 is 15.4 Å². The third-order valence-corrected chi connectivity index (χ3v) is 5.33. The molecule has 0 aromatic heterocycles. The van der Waals surface area contributed by atoms with Crippen LogP contribution in [0.5, 0.6) is 5.75 Å². The lowest BCUT2D eigenvalue weighted by Gasteiger charge is -2.26. The lowest BCUT2D eigenvalue weighted by molar-refractivity contribution is -0.125. The number of likely N-dealkylation sites (N-methyl/N-ethyl adjacent to an activating group) is 1. The minimum Gasteiger partial charge on any atom is -0.496 e. The van der Waals surface area contributed by atoms with Crippen LogP contribution in [-0.2, 0) is 11.3 Å². The molecule has 3 rings (SSSR count). The van der Waals surface area contributed by atoms with Crippen LogP contribution in [0.4, 0.5) is 0 Å². The maximum Gasteiger partial charge on any atom is 0.237 e. The molecule has 2 aromatic carbocycles. The Balaban J connectivity index is 1.74. The van der Waals surface area contributed by atoms with Crippen LogP contribution in [0.1, 0.15) is 25.8 Å². The summed E-state index contributed by atoms with van der Waals surface area (Å²) in [5.74, 6) is 1.01. The Morgan fingerprint density at radius 2 is 1.96 bits per heavy atom. The van der Waals surface area contributed by atoms with Gasteiger partial charge in [0.1, 0.15) is 5.75 Å². The number of hydrogen-bond donors (Lipinski definition) is 2. The van der Waals surface area contributed by atoms with Crippen LogP contribution in [0.25, 0.3) is 10.8 Å². The van der Waals surface area contributed by atoms with Gasteiger partial charge in [-0.05, 0) is 37.3 Å². The predicted molar refractivity (Wildman–Crippen MR) is 105 cm³/mol. The van der Waals surface area contributed by atoms with Gasteiger partial charge in [0.2, 0.25) is 5.91 Å². The minimum absolute atomic E-state index is 0.0508. The molecule has 2 aromatic rings. The second-order valence-electron chi connectivity index (χ2n) is 7.21. The topological polar surface area (TPSA) is 53.6 Å². The number of benzene rings is 2. The molecular formula is C21H29N3O2. The van der Waals surface area contributed by atoms with Crippen molar-refractivity contribution in [2.24, 2.45) is 0 Å². The molecule has 0 radical (unpaired) electrons. The Labute approximate surface area is 155 Å². The van der Waals surface area contributed by atoms with Gasteiger partial charge in [-0.2, -0.15) is 0 Å². The van der Waals surface area contributed by atoms with Gasteiger partial charge in [-0.15, -0.1) is 0 Å².